The fourth-order valence-corrected chi connectivity index (χ4v) is 2.46. The minimum atomic E-state index is -0.279. The summed E-state index contributed by atoms with van der Waals surface area (Å²) in [5.41, 5.74) is 2.11. The maximum atomic E-state index is 12.0. The van der Waals surface area contributed by atoms with Crippen LogP contribution in [0.2, 0.25) is 0 Å². The van der Waals surface area contributed by atoms with Crippen molar-refractivity contribution < 1.29 is 14.3 Å². The second-order valence-corrected chi connectivity index (χ2v) is 5.82. The van der Waals surface area contributed by atoms with Gasteiger partial charge in [-0.3, -0.25) is 9.59 Å². The molecule has 2 aromatic carbocycles. The number of rotatable bonds is 8. The van der Waals surface area contributed by atoms with Crippen LogP contribution in [-0.2, 0) is 16.0 Å². The van der Waals surface area contributed by atoms with Crippen molar-refractivity contribution >= 4 is 11.8 Å². The van der Waals surface area contributed by atoms with Gasteiger partial charge in [-0.1, -0.05) is 42.5 Å². The Balaban J connectivity index is 1.69. The van der Waals surface area contributed by atoms with Gasteiger partial charge in [-0.2, -0.15) is 0 Å². The molecule has 5 nitrogen and oxygen atoms in total. The smallest absolute Gasteiger partial charge is 0.229 e. The fraction of sp³-hybridized carbons (Fsp3) is 0.300. The normalized spacial score (nSPS) is 11.4. The highest BCUT2D eigenvalue weighted by molar-refractivity contribution is 5.96. The molecule has 5 heteroatoms. The van der Waals surface area contributed by atoms with Gasteiger partial charge in [0.15, 0.2) is 0 Å². The number of nitrogens with one attached hydrogen (secondary N) is 2. The average Bonchev–Trinajstić information content (AvgIpc) is 2.63. The fourth-order valence-electron chi connectivity index (χ4n) is 2.46. The van der Waals surface area contributed by atoms with Crippen LogP contribution in [0.25, 0.3) is 0 Å². The summed E-state index contributed by atoms with van der Waals surface area (Å²) in [7, 11) is 1.62. The second-order valence-electron chi connectivity index (χ2n) is 5.82. The van der Waals surface area contributed by atoms with E-state index >= 15 is 0 Å². The highest BCUT2D eigenvalue weighted by Gasteiger charge is 2.12. The van der Waals surface area contributed by atoms with Gasteiger partial charge in [0, 0.05) is 6.54 Å². The molecule has 1 atom stereocenters. The van der Waals surface area contributed by atoms with E-state index in [0.29, 0.717) is 13.0 Å². The van der Waals surface area contributed by atoms with Gasteiger partial charge in [-0.15, -0.1) is 0 Å². The quantitative estimate of drug-likeness (QED) is 0.726. The number of carbonyl (C=O) groups is 2. The molecule has 2 aromatic rings. The molecule has 0 aliphatic carbocycles. The number of hydrogen-bond donors (Lipinski definition) is 2. The monoisotopic (exact) mass is 340 g/mol. The maximum Gasteiger partial charge on any atom is 0.229 e. The van der Waals surface area contributed by atoms with Gasteiger partial charge in [0.05, 0.1) is 13.2 Å². The predicted molar refractivity (Wildman–Crippen MR) is 97.3 cm³/mol. The molecule has 0 heterocycles. The average molecular weight is 340 g/mol. The highest BCUT2D eigenvalue weighted by Crippen LogP contribution is 2.12. The Kier molecular flexibility index (Phi) is 7.01. The van der Waals surface area contributed by atoms with Crippen molar-refractivity contribution in [2.45, 2.75) is 25.8 Å². The number of ether oxygens (including phenoxy) is 1. The minimum absolute atomic E-state index is 0.124. The van der Waals surface area contributed by atoms with E-state index in [0.717, 1.165) is 16.9 Å². The van der Waals surface area contributed by atoms with E-state index < -0.39 is 0 Å². The molecule has 2 N–H and O–H groups in total. The van der Waals surface area contributed by atoms with Crippen LogP contribution >= 0.6 is 0 Å². The molecule has 0 saturated carbocycles. The Morgan fingerprint density at radius 3 is 2.32 bits per heavy atom. The number of benzene rings is 2. The Bertz CT molecular complexity index is 684. The van der Waals surface area contributed by atoms with E-state index in [1.165, 1.54) is 0 Å². The van der Waals surface area contributed by atoms with Crippen LogP contribution in [0, 0.1) is 0 Å². The van der Waals surface area contributed by atoms with Crippen molar-refractivity contribution in [3.8, 4) is 5.75 Å². The zero-order chi connectivity index (χ0) is 18.1. The summed E-state index contributed by atoms with van der Waals surface area (Å²) in [4.78, 5) is 23.8. The first-order valence-corrected chi connectivity index (χ1v) is 8.32. The van der Waals surface area contributed by atoms with Gasteiger partial charge in [0.2, 0.25) is 11.8 Å². The van der Waals surface area contributed by atoms with Crippen LogP contribution in [0.15, 0.2) is 54.6 Å². The van der Waals surface area contributed by atoms with Gasteiger partial charge in [0.25, 0.3) is 0 Å². The summed E-state index contributed by atoms with van der Waals surface area (Å²) in [6, 6.07) is 17.2. The van der Waals surface area contributed by atoms with E-state index in [2.05, 4.69) is 10.6 Å². The summed E-state index contributed by atoms with van der Waals surface area (Å²) in [6.07, 6.45) is 0.539. The summed E-state index contributed by atoms with van der Waals surface area (Å²) in [5, 5.41) is 5.61. The summed E-state index contributed by atoms with van der Waals surface area (Å²) in [6.45, 7) is 2.39. The topological polar surface area (TPSA) is 67.4 Å². The zero-order valence-electron chi connectivity index (χ0n) is 14.6. The van der Waals surface area contributed by atoms with Crippen LogP contribution in [0.3, 0.4) is 0 Å². The molecule has 0 aromatic heterocycles. The lowest BCUT2D eigenvalue weighted by Crippen LogP contribution is -2.34. The van der Waals surface area contributed by atoms with Crippen molar-refractivity contribution in [1.82, 2.24) is 10.6 Å². The molecule has 132 valence electrons. The number of methoxy groups -OCH3 is 1. The van der Waals surface area contributed by atoms with E-state index in [4.69, 9.17) is 4.74 Å². The van der Waals surface area contributed by atoms with Crippen molar-refractivity contribution in [3.05, 3.63) is 65.7 Å². The Hall–Kier alpha value is -2.82. The van der Waals surface area contributed by atoms with E-state index in [1.54, 1.807) is 7.11 Å². The second kappa shape index (κ2) is 9.47. The number of carbonyl (C=O) groups excluding carboxylic acids is 2. The van der Waals surface area contributed by atoms with Gasteiger partial charge >= 0.3 is 0 Å². The van der Waals surface area contributed by atoms with Crippen LogP contribution < -0.4 is 15.4 Å². The lowest BCUT2D eigenvalue weighted by Gasteiger charge is -2.14. The van der Waals surface area contributed by atoms with Crippen LogP contribution in [-0.4, -0.2) is 25.5 Å². The minimum Gasteiger partial charge on any atom is -0.497 e. The third-order valence-corrected chi connectivity index (χ3v) is 3.89. The zero-order valence-corrected chi connectivity index (χ0v) is 14.6. The molecule has 25 heavy (non-hydrogen) atoms. The molecule has 0 spiro atoms. The predicted octanol–water partition coefficient (Wildman–Crippen LogP) is 2.62. The van der Waals surface area contributed by atoms with Gasteiger partial charge in [-0.25, -0.2) is 0 Å². The first kappa shape index (κ1) is 18.5. The molecule has 0 fully saturated rings. The third-order valence-electron chi connectivity index (χ3n) is 3.89. The third kappa shape index (κ3) is 6.30. The Labute approximate surface area is 148 Å². The molecule has 0 aliphatic rings. The molecular weight excluding hydrogens is 316 g/mol. The molecule has 0 bridgehead atoms. The van der Waals surface area contributed by atoms with Gasteiger partial charge in [-0.05, 0) is 36.6 Å². The summed E-state index contributed by atoms with van der Waals surface area (Å²) < 4.78 is 5.10. The first-order valence-electron chi connectivity index (χ1n) is 8.32. The van der Waals surface area contributed by atoms with Crippen LogP contribution in [0.4, 0.5) is 0 Å². The summed E-state index contributed by atoms with van der Waals surface area (Å²) in [5.74, 6) is 0.251. The van der Waals surface area contributed by atoms with Crippen LogP contribution in [0.1, 0.15) is 30.5 Å². The number of amides is 2. The first-order chi connectivity index (χ1) is 12.1. The van der Waals surface area contributed by atoms with E-state index in [-0.39, 0.29) is 24.3 Å². The molecule has 2 amide bonds. The van der Waals surface area contributed by atoms with E-state index in [1.807, 2.05) is 61.5 Å². The van der Waals surface area contributed by atoms with Crippen molar-refractivity contribution in [2.24, 2.45) is 0 Å². The lowest BCUT2D eigenvalue weighted by molar-refractivity contribution is -0.129. The standard InChI is InChI=1S/C20H24N2O3/c1-15(17-6-4-3-5-7-17)22-20(24)14-19(23)21-13-12-16-8-10-18(25-2)11-9-16/h3-11,15H,12-14H2,1-2H3,(H,21,23)(H,22,24). The lowest BCUT2D eigenvalue weighted by atomic mass is 10.1. The molecule has 0 saturated heterocycles. The Morgan fingerprint density at radius 2 is 1.68 bits per heavy atom. The number of hydrogen-bond acceptors (Lipinski definition) is 3. The van der Waals surface area contributed by atoms with Crippen molar-refractivity contribution in [1.29, 1.82) is 0 Å². The highest BCUT2D eigenvalue weighted by atomic mass is 16.5. The SMILES string of the molecule is COc1ccc(CCNC(=O)CC(=O)NC(C)c2ccccc2)cc1. The largest absolute Gasteiger partial charge is 0.497 e. The molecule has 0 radical (unpaired) electrons. The van der Waals surface area contributed by atoms with Crippen molar-refractivity contribution in [2.75, 3.05) is 13.7 Å². The molecule has 2 rings (SSSR count). The molecule has 1 unspecified atom stereocenters. The van der Waals surface area contributed by atoms with Crippen molar-refractivity contribution in [3.63, 3.8) is 0 Å². The molecular formula is C20H24N2O3. The van der Waals surface area contributed by atoms with Crippen LogP contribution in [0.5, 0.6) is 5.75 Å². The molecule has 0 aliphatic heterocycles. The van der Waals surface area contributed by atoms with Gasteiger partial charge in [0.1, 0.15) is 12.2 Å². The van der Waals surface area contributed by atoms with Gasteiger partial charge < -0.3 is 15.4 Å². The van der Waals surface area contributed by atoms with E-state index in [9.17, 15) is 9.59 Å². The summed E-state index contributed by atoms with van der Waals surface area (Å²) >= 11 is 0. The Morgan fingerprint density at radius 1 is 1.00 bits per heavy atom. The maximum absolute atomic E-state index is 12.0.